The molecule has 2 aliphatic carbocycles. The molecular formula is C10H19NO2. The Kier molecular flexibility index (Phi) is 2.86. The Bertz CT molecular complexity index is 164. The number of aliphatic hydroxyl groups is 1. The second-order valence-electron chi connectivity index (χ2n) is 4.39. The van der Waals surface area contributed by atoms with Crippen molar-refractivity contribution in [2.24, 2.45) is 5.92 Å². The van der Waals surface area contributed by atoms with Gasteiger partial charge in [-0.1, -0.05) is 0 Å². The minimum atomic E-state index is -0.0557. The van der Waals surface area contributed by atoms with Crippen LogP contribution in [-0.2, 0) is 4.74 Å². The fourth-order valence-electron chi connectivity index (χ4n) is 2.03. The van der Waals surface area contributed by atoms with Crippen molar-refractivity contribution in [3.8, 4) is 0 Å². The van der Waals surface area contributed by atoms with Crippen LogP contribution in [0.3, 0.4) is 0 Å². The van der Waals surface area contributed by atoms with Crippen molar-refractivity contribution in [1.82, 2.24) is 5.32 Å². The summed E-state index contributed by atoms with van der Waals surface area (Å²) in [5.41, 5.74) is 0. The van der Waals surface area contributed by atoms with Crippen LogP contribution in [0.1, 0.15) is 25.7 Å². The topological polar surface area (TPSA) is 41.5 Å². The van der Waals surface area contributed by atoms with Crippen molar-refractivity contribution in [3.05, 3.63) is 0 Å². The summed E-state index contributed by atoms with van der Waals surface area (Å²) in [4.78, 5) is 0. The lowest BCUT2D eigenvalue weighted by atomic mass is 9.88. The summed E-state index contributed by atoms with van der Waals surface area (Å²) in [6, 6.07) is 1.07. The zero-order valence-corrected chi connectivity index (χ0v) is 8.20. The molecule has 1 unspecified atom stereocenters. The fourth-order valence-corrected chi connectivity index (χ4v) is 2.03. The lowest BCUT2D eigenvalue weighted by molar-refractivity contribution is 0.0477. The SMILES string of the molecule is COCC(NC1CC(O)C1)C1CC1. The molecule has 0 heterocycles. The maximum atomic E-state index is 9.14. The molecule has 13 heavy (non-hydrogen) atoms. The zero-order chi connectivity index (χ0) is 9.26. The molecule has 3 heteroatoms. The average Bonchev–Trinajstić information content (AvgIpc) is 2.82. The summed E-state index contributed by atoms with van der Waals surface area (Å²) in [7, 11) is 1.76. The molecule has 0 aromatic carbocycles. The van der Waals surface area contributed by atoms with Gasteiger partial charge in [0, 0.05) is 19.2 Å². The van der Waals surface area contributed by atoms with Gasteiger partial charge in [0.1, 0.15) is 0 Å². The number of nitrogens with one attached hydrogen (secondary N) is 1. The lowest BCUT2D eigenvalue weighted by Gasteiger charge is -2.35. The second kappa shape index (κ2) is 3.95. The summed E-state index contributed by atoms with van der Waals surface area (Å²) in [6.07, 6.45) is 4.48. The zero-order valence-electron chi connectivity index (χ0n) is 8.20. The van der Waals surface area contributed by atoms with Crippen LogP contribution in [0.4, 0.5) is 0 Å². The molecule has 2 saturated carbocycles. The predicted molar refractivity (Wildman–Crippen MR) is 50.6 cm³/mol. The molecule has 0 aromatic heterocycles. The number of hydrogen-bond acceptors (Lipinski definition) is 3. The smallest absolute Gasteiger partial charge is 0.0618 e. The summed E-state index contributed by atoms with van der Waals surface area (Å²) in [5, 5.41) is 12.7. The van der Waals surface area contributed by atoms with Crippen LogP contribution in [0.2, 0.25) is 0 Å². The van der Waals surface area contributed by atoms with Crippen molar-refractivity contribution < 1.29 is 9.84 Å². The maximum absolute atomic E-state index is 9.14. The van der Waals surface area contributed by atoms with Gasteiger partial charge in [-0.05, 0) is 31.6 Å². The molecule has 76 valence electrons. The first kappa shape index (κ1) is 9.44. The van der Waals surface area contributed by atoms with E-state index in [2.05, 4.69) is 5.32 Å². The van der Waals surface area contributed by atoms with Gasteiger partial charge in [0.25, 0.3) is 0 Å². The van der Waals surface area contributed by atoms with Crippen LogP contribution in [-0.4, -0.2) is 37.0 Å². The van der Waals surface area contributed by atoms with Crippen LogP contribution < -0.4 is 5.32 Å². The van der Waals surface area contributed by atoms with E-state index in [4.69, 9.17) is 9.84 Å². The fraction of sp³-hybridized carbons (Fsp3) is 1.00. The first-order chi connectivity index (χ1) is 6.29. The minimum absolute atomic E-state index is 0.0557. The van der Waals surface area contributed by atoms with Gasteiger partial charge < -0.3 is 15.2 Å². The number of methoxy groups -OCH3 is 1. The molecule has 2 N–H and O–H groups in total. The Labute approximate surface area is 79.5 Å². The Hall–Kier alpha value is -0.120. The third-order valence-electron chi connectivity index (χ3n) is 3.10. The number of aliphatic hydroxyl groups excluding tert-OH is 1. The van der Waals surface area contributed by atoms with Crippen molar-refractivity contribution in [1.29, 1.82) is 0 Å². The highest BCUT2D eigenvalue weighted by molar-refractivity contribution is 4.92. The van der Waals surface area contributed by atoms with E-state index in [9.17, 15) is 0 Å². The van der Waals surface area contributed by atoms with E-state index in [0.29, 0.717) is 12.1 Å². The number of ether oxygens (including phenoxy) is 1. The maximum Gasteiger partial charge on any atom is 0.0618 e. The highest BCUT2D eigenvalue weighted by atomic mass is 16.5. The largest absolute Gasteiger partial charge is 0.393 e. The lowest BCUT2D eigenvalue weighted by Crippen LogP contribution is -2.50. The molecule has 0 amide bonds. The van der Waals surface area contributed by atoms with E-state index >= 15 is 0 Å². The van der Waals surface area contributed by atoms with Crippen molar-refractivity contribution in [2.75, 3.05) is 13.7 Å². The van der Waals surface area contributed by atoms with E-state index in [1.54, 1.807) is 7.11 Å². The van der Waals surface area contributed by atoms with E-state index in [1.165, 1.54) is 12.8 Å². The number of rotatable bonds is 5. The van der Waals surface area contributed by atoms with Gasteiger partial charge in [-0.2, -0.15) is 0 Å². The highest BCUT2D eigenvalue weighted by Crippen LogP contribution is 2.34. The van der Waals surface area contributed by atoms with E-state index in [1.807, 2.05) is 0 Å². The Morgan fingerprint density at radius 3 is 2.62 bits per heavy atom. The third kappa shape index (κ3) is 2.42. The number of hydrogen-bond donors (Lipinski definition) is 2. The van der Waals surface area contributed by atoms with Crippen LogP contribution in [0.25, 0.3) is 0 Å². The van der Waals surface area contributed by atoms with Gasteiger partial charge in [0.15, 0.2) is 0 Å². The standard InChI is InChI=1S/C10H19NO2/c1-13-6-10(7-2-3-7)11-8-4-9(12)5-8/h7-12H,2-6H2,1H3. The van der Waals surface area contributed by atoms with Gasteiger partial charge in [-0.15, -0.1) is 0 Å². The molecule has 1 atom stereocenters. The summed E-state index contributed by atoms with van der Waals surface area (Å²) < 4.78 is 5.18. The van der Waals surface area contributed by atoms with Crippen LogP contribution >= 0.6 is 0 Å². The van der Waals surface area contributed by atoms with Gasteiger partial charge >= 0.3 is 0 Å². The summed E-state index contributed by atoms with van der Waals surface area (Å²) in [5.74, 6) is 0.831. The van der Waals surface area contributed by atoms with Crippen LogP contribution in [0, 0.1) is 5.92 Å². The summed E-state index contributed by atoms with van der Waals surface area (Å²) >= 11 is 0. The highest BCUT2D eigenvalue weighted by Gasteiger charge is 2.35. The third-order valence-corrected chi connectivity index (χ3v) is 3.10. The molecule has 2 aliphatic rings. The van der Waals surface area contributed by atoms with Crippen LogP contribution in [0.5, 0.6) is 0 Å². The first-order valence-electron chi connectivity index (χ1n) is 5.22. The Morgan fingerprint density at radius 2 is 2.15 bits per heavy atom. The van der Waals surface area contributed by atoms with Gasteiger partial charge in [-0.3, -0.25) is 0 Å². The molecule has 2 rings (SSSR count). The van der Waals surface area contributed by atoms with Gasteiger partial charge in [-0.25, -0.2) is 0 Å². The van der Waals surface area contributed by atoms with Gasteiger partial charge in [0.2, 0.25) is 0 Å². The molecule has 0 bridgehead atoms. The molecule has 2 fully saturated rings. The van der Waals surface area contributed by atoms with Crippen molar-refractivity contribution in [2.45, 2.75) is 43.9 Å². The molecular weight excluding hydrogens is 166 g/mol. The van der Waals surface area contributed by atoms with E-state index in [0.717, 1.165) is 25.4 Å². The van der Waals surface area contributed by atoms with E-state index < -0.39 is 0 Å². The molecule has 3 nitrogen and oxygen atoms in total. The summed E-state index contributed by atoms with van der Waals surface area (Å²) in [6.45, 7) is 0.817. The monoisotopic (exact) mass is 185 g/mol. The Balaban J connectivity index is 1.70. The molecule has 0 aliphatic heterocycles. The minimum Gasteiger partial charge on any atom is -0.393 e. The quantitative estimate of drug-likeness (QED) is 0.656. The predicted octanol–water partition coefficient (Wildman–Crippen LogP) is 0.524. The van der Waals surface area contributed by atoms with Crippen molar-refractivity contribution >= 4 is 0 Å². The van der Waals surface area contributed by atoms with Crippen LogP contribution in [0.15, 0.2) is 0 Å². The molecule has 0 radical (unpaired) electrons. The second-order valence-corrected chi connectivity index (χ2v) is 4.39. The average molecular weight is 185 g/mol. The molecule has 0 saturated heterocycles. The van der Waals surface area contributed by atoms with Gasteiger partial charge in [0.05, 0.1) is 12.7 Å². The van der Waals surface area contributed by atoms with E-state index in [-0.39, 0.29) is 6.10 Å². The molecule has 0 spiro atoms. The normalized spacial score (nSPS) is 35.5. The Morgan fingerprint density at radius 1 is 1.46 bits per heavy atom. The van der Waals surface area contributed by atoms with Crippen molar-refractivity contribution in [3.63, 3.8) is 0 Å². The molecule has 0 aromatic rings. The first-order valence-corrected chi connectivity index (χ1v) is 5.22.